The van der Waals surface area contributed by atoms with Gasteiger partial charge in [0.1, 0.15) is 11.9 Å². The molecule has 2 aliphatic heterocycles. The lowest BCUT2D eigenvalue weighted by molar-refractivity contribution is -0.150. The highest BCUT2D eigenvalue weighted by atomic mass is 16.6. The van der Waals surface area contributed by atoms with Crippen molar-refractivity contribution in [3.8, 4) is 16.9 Å². The summed E-state index contributed by atoms with van der Waals surface area (Å²) in [6, 6.07) is 27.3. The lowest BCUT2D eigenvalue weighted by Gasteiger charge is -2.41. The molecular formula is C30H35BO4. The van der Waals surface area contributed by atoms with Crippen molar-refractivity contribution in [1.82, 2.24) is 0 Å². The lowest BCUT2D eigenvalue weighted by Crippen LogP contribution is -2.54. The van der Waals surface area contributed by atoms with Gasteiger partial charge in [-0.1, -0.05) is 92.9 Å². The third-order valence-electron chi connectivity index (χ3n) is 6.99. The number of hydrogen-bond acceptors (Lipinski definition) is 4. The van der Waals surface area contributed by atoms with Gasteiger partial charge in [-0.3, -0.25) is 0 Å². The van der Waals surface area contributed by atoms with Crippen LogP contribution >= 0.6 is 0 Å². The smallest absolute Gasteiger partial charge is 0.494 e. The summed E-state index contributed by atoms with van der Waals surface area (Å²) in [4.78, 5) is 0. The maximum atomic E-state index is 6.43. The molecule has 0 aliphatic carbocycles. The summed E-state index contributed by atoms with van der Waals surface area (Å²) in [5.41, 5.74) is 4.70. The van der Waals surface area contributed by atoms with Gasteiger partial charge in [0.15, 0.2) is 0 Å². The Bertz CT molecular complexity index is 1040. The predicted octanol–water partition coefficient (Wildman–Crippen LogP) is 6.34. The highest BCUT2D eigenvalue weighted by Gasteiger charge is 2.41. The molecule has 5 heteroatoms. The molecule has 2 aliphatic rings. The Labute approximate surface area is 209 Å². The van der Waals surface area contributed by atoms with Gasteiger partial charge in [-0.25, -0.2) is 0 Å². The Morgan fingerprint density at radius 3 is 2.34 bits per heavy atom. The van der Waals surface area contributed by atoms with Crippen molar-refractivity contribution in [2.45, 2.75) is 63.8 Å². The monoisotopic (exact) mass is 470 g/mol. The Morgan fingerprint density at radius 1 is 0.800 bits per heavy atom. The van der Waals surface area contributed by atoms with Crippen molar-refractivity contribution in [3.05, 3.63) is 84.4 Å². The zero-order chi connectivity index (χ0) is 23.9. The zero-order valence-electron chi connectivity index (χ0n) is 20.6. The first-order valence-corrected chi connectivity index (χ1v) is 13.1. The van der Waals surface area contributed by atoms with Crippen LogP contribution in [0.1, 0.15) is 57.1 Å². The standard InChI is InChI=1S/C30H35BO4/c1-2-3-4-8-21-32-27-17-15-26(16-18-27)31-33-22-30-29(35-31)20-19-28(34-30)25-13-11-24(12-14-25)23-9-6-5-7-10-23/h5-7,9-18,28-30H,2-4,8,19-22H2,1H3/t28-,29+,30-/m1/s1. The maximum Gasteiger partial charge on any atom is 0.494 e. The molecule has 0 saturated carbocycles. The summed E-state index contributed by atoms with van der Waals surface area (Å²) < 4.78 is 24.7. The van der Waals surface area contributed by atoms with Gasteiger partial charge < -0.3 is 18.8 Å². The summed E-state index contributed by atoms with van der Waals surface area (Å²) in [6.07, 6.45) is 6.86. The van der Waals surface area contributed by atoms with Gasteiger partial charge in [-0.2, -0.15) is 0 Å². The topological polar surface area (TPSA) is 36.9 Å². The van der Waals surface area contributed by atoms with Crippen molar-refractivity contribution in [2.24, 2.45) is 0 Å². The van der Waals surface area contributed by atoms with Gasteiger partial charge in [0.2, 0.25) is 0 Å². The fourth-order valence-electron chi connectivity index (χ4n) is 4.93. The molecule has 3 aromatic rings. The summed E-state index contributed by atoms with van der Waals surface area (Å²) in [6.45, 7) is 3.54. The van der Waals surface area contributed by atoms with Crippen molar-refractivity contribution in [3.63, 3.8) is 0 Å². The fraction of sp³-hybridized carbons (Fsp3) is 0.400. The van der Waals surface area contributed by atoms with Crippen LogP contribution in [0.4, 0.5) is 0 Å². The van der Waals surface area contributed by atoms with Gasteiger partial charge in [-0.05, 0) is 53.5 Å². The molecule has 0 amide bonds. The molecule has 0 N–H and O–H groups in total. The molecule has 0 bridgehead atoms. The molecule has 3 aromatic carbocycles. The summed E-state index contributed by atoms with van der Waals surface area (Å²) >= 11 is 0. The van der Waals surface area contributed by atoms with Crippen molar-refractivity contribution < 1.29 is 18.8 Å². The van der Waals surface area contributed by atoms with E-state index >= 15 is 0 Å². The van der Waals surface area contributed by atoms with Gasteiger partial charge >= 0.3 is 7.12 Å². The predicted molar refractivity (Wildman–Crippen MR) is 141 cm³/mol. The first kappa shape index (κ1) is 24.1. The van der Waals surface area contributed by atoms with E-state index in [1.807, 2.05) is 30.3 Å². The summed E-state index contributed by atoms with van der Waals surface area (Å²) in [5, 5.41) is 0. The molecule has 5 rings (SSSR count). The minimum atomic E-state index is -0.347. The van der Waals surface area contributed by atoms with Gasteiger partial charge in [0.25, 0.3) is 0 Å². The number of unbranched alkanes of at least 4 members (excludes halogenated alkanes) is 3. The van der Waals surface area contributed by atoms with Crippen LogP contribution in [0, 0.1) is 0 Å². The molecule has 0 aromatic heterocycles. The van der Waals surface area contributed by atoms with Crippen LogP contribution in [0.2, 0.25) is 0 Å². The molecule has 182 valence electrons. The van der Waals surface area contributed by atoms with E-state index < -0.39 is 0 Å². The Morgan fingerprint density at radius 2 is 1.57 bits per heavy atom. The van der Waals surface area contributed by atoms with E-state index in [4.69, 9.17) is 18.8 Å². The van der Waals surface area contributed by atoms with E-state index in [-0.39, 0.29) is 25.4 Å². The largest absolute Gasteiger partial charge is 0.494 e. The minimum Gasteiger partial charge on any atom is -0.494 e. The van der Waals surface area contributed by atoms with Gasteiger partial charge in [0, 0.05) is 0 Å². The number of benzene rings is 3. The van der Waals surface area contributed by atoms with Crippen LogP contribution in [0.5, 0.6) is 5.75 Å². The maximum absolute atomic E-state index is 6.43. The van der Waals surface area contributed by atoms with Crippen molar-refractivity contribution in [2.75, 3.05) is 13.2 Å². The van der Waals surface area contributed by atoms with Crippen LogP contribution in [-0.4, -0.2) is 32.5 Å². The molecule has 4 nitrogen and oxygen atoms in total. The van der Waals surface area contributed by atoms with Gasteiger partial charge in [-0.15, -0.1) is 0 Å². The average Bonchev–Trinajstić information content (AvgIpc) is 2.93. The Balaban J connectivity index is 1.12. The quantitative estimate of drug-likeness (QED) is 0.270. The van der Waals surface area contributed by atoms with Crippen LogP contribution in [0.25, 0.3) is 11.1 Å². The lowest BCUT2D eigenvalue weighted by atomic mass is 9.76. The van der Waals surface area contributed by atoms with E-state index in [2.05, 4.69) is 55.5 Å². The first-order valence-electron chi connectivity index (χ1n) is 13.1. The zero-order valence-corrected chi connectivity index (χ0v) is 20.6. The first-order chi connectivity index (χ1) is 17.3. The average molecular weight is 470 g/mol. The van der Waals surface area contributed by atoms with Crippen LogP contribution in [0.15, 0.2) is 78.9 Å². The van der Waals surface area contributed by atoms with Crippen LogP contribution < -0.4 is 10.2 Å². The number of fused-ring (bicyclic) bond motifs is 1. The van der Waals surface area contributed by atoms with Crippen molar-refractivity contribution in [1.29, 1.82) is 0 Å². The second kappa shape index (κ2) is 11.9. The molecule has 0 spiro atoms. The van der Waals surface area contributed by atoms with E-state index in [9.17, 15) is 0 Å². The highest BCUT2D eigenvalue weighted by Crippen LogP contribution is 2.35. The van der Waals surface area contributed by atoms with E-state index in [0.717, 1.165) is 37.1 Å². The third kappa shape index (κ3) is 6.16. The summed E-state index contributed by atoms with van der Waals surface area (Å²) in [5.74, 6) is 0.904. The molecule has 35 heavy (non-hydrogen) atoms. The molecule has 2 heterocycles. The number of hydrogen-bond donors (Lipinski definition) is 0. The number of ether oxygens (including phenoxy) is 2. The van der Waals surface area contributed by atoms with Gasteiger partial charge in [0.05, 0.1) is 25.4 Å². The summed E-state index contributed by atoms with van der Waals surface area (Å²) in [7, 11) is -0.347. The van der Waals surface area contributed by atoms with E-state index in [1.54, 1.807) is 0 Å². The normalized spacial score (nSPS) is 22.0. The Hall–Kier alpha value is -2.60. The number of rotatable bonds is 9. The van der Waals surface area contributed by atoms with Crippen molar-refractivity contribution >= 4 is 12.6 Å². The second-order valence-corrected chi connectivity index (χ2v) is 9.55. The second-order valence-electron chi connectivity index (χ2n) is 9.55. The Kier molecular flexibility index (Phi) is 8.20. The molecule has 0 radical (unpaired) electrons. The molecule has 2 saturated heterocycles. The van der Waals surface area contributed by atoms with E-state index in [0.29, 0.717) is 6.61 Å². The molecule has 0 unspecified atom stereocenters. The minimum absolute atomic E-state index is 0.0375. The molecule has 3 atom stereocenters. The molecular weight excluding hydrogens is 435 g/mol. The SMILES string of the molecule is CCCCCCOc1ccc(B2OC[C@H]3O[C@@H](c4ccc(-c5ccccc5)cc4)CC[C@@H]3O2)cc1. The van der Waals surface area contributed by atoms with E-state index in [1.165, 1.54) is 36.0 Å². The highest BCUT2D eigenvalue weighted by molar-refractivity contribution is 6.61. The van der Waals surface area contributed by atoms with Crippen LogP contribution in [0.3, 0.4) is 0 Å². The fourth-order valence-corrected chi connectivity index (χ4v) is 4.93. The van der Waals surface area contributed by atoms with Crippen LogP contribution in [-0.2, 0) is 14.0 Å². The third-order valence-corrected chi connectivity index (χ3v) is 6.99. The molecule has 2 fully saturated rings.